The lowest BCUT2D eigenvalue weighted by molar-refractivity contribution is -0.132. The first-order valence-corrected chi connectivity index (χ1v) is 9.76. The summed E-state index contributed by atoms with van der Waals surface area (Å²) in [7, 11) is 0. The number of carbonyl (C=O) groups is 3. The molecule has 7 nitrogen and oxygen atoms in total. The Labute approximate surface area is 180 Å². The third kappa shape index (κ3) is 4.28. The van der Waals surface area contributed by atoms with Gasteiger partial charge in [0.2, 0.25) is 0 Å². The first-order chi connectivity index (χ1) is 13.8. The fraction of sp³-hybridized carbons (Fsp3) is 0.150. The standard InChI is InChI=1S/C20H16BrClN2O5/c1-3-28-15-10-12(16(21)17(22)18(15)29-11(2)25)9-14-19(26)23-24(20(14)27)13-7-5-4-6-8-13/h4-10H,3H2,1-2H3,(H,23,26). The minimum atomic E-state index is -0.560. The van der Waals surface area contributed by atoms with Crippen molar-refractivity contribution in [3.8, 4) is 11.5 Å². The molecule has 150 valence electrons. The zero-order chi connectivity index (χ0) is 21.1. The molecule has 0 radical (unpaired) electrons. The minimum Gasteiger partial charge on any atom is -0.490 e. The Balaban J connectivity index is 2.04. The van der Waals surface area contributed by atoms with Crippen molar-refractivity contribution in [3.63, 3.8) is 0 Å². The number of anilines is 1. The highest BCUT2D eigenvalue weighted by molar-refractivity contribution is 9.10. The van der Waals surface area contributed by atoms with Crippen LogP contribution in [0.15, 0.2) is 46.4 Å². The molecule has 1 aliphatic rings. The van der Waals surface area contributed by atoms with Gasteiger partial charge in [-0.15, -0.1) is 0 Å². The number of amides is 2. The van der Waals surface area contributed by atoms with E-state index in [4.69, 9.17) is 21.1 Å². The molecule has 1 aliphatic heterocycles. The molecule has 2 aromatic carbocycles. The molecular weight excluding hydrogens is 464 g/mol. The summed E-state index contributed by atoms with van der Waals surface area (Å²) in [5.41, 5.74) is 3.41. The third-order valence-electron chi connectivity index (χ3n) is 3.91. The lowest BCUT2D eigenvalue weighted by atomic mass is 10.1. The molecule has 9 heteroatoms. The number of nitrogens with one attached hydrogen (secondary N) is 1. The Morgan fingerprint density at radius 1 is 1.28 bits per heavy atom. The average Bonchev–Trinajstić information content (AvgIpc) is 2.97. The molecule has 0 unspecified atom stereocenters. The van der Waals surface area contributed by atoms with E-state index in [1.54, 1.807) is 31.2 Å². The maximum atomic E-state index is 12.8. The van der Waals surface area contributed by atoms with Crippen LogP contribution in [-0.4, -0.2) is 24.4 Å². The normalized spacial score (nSPS) is 14.9. The Morgan fingerprint density at radius 3 is 2.59 bits per heavy atom. The van der Waals surface area contributed by atoms with Gasteiger partial charge in [-0.05, 0) is 52.7 Å². The molecule has 3 rings (SSSR count). The van der Waals surface area contributed by atoms with Gasteiger partial charge in [0, 0.05) is 11.4 Å². The maximum Gasteiger partial charge on any atom is 0.308 e. The Hall–Kier alpha value is -2.84. The van der Waals surface area contributed by atoms with Crippen LogP contribution in [0.25, 0.3) is 6.08 Å². The number of carbonyl (C=O) groups excluding carboxylic acids is 3. The molecule has 2 aromatic rings. The Morgan fingerprint density at radius 2 is 1.97 bits per heavy atom. The Bertz CT molecular complexity index is 1020. The van der Waals surface area contributed by atoms with E-state index < -0.39 is 17.8 Å². The molecule has 1 heterocycles. The van der Waals surface area contributed by atoms with Crippen LogP contribution in [0, 0.1) is 0 Å². The van der Waals surface area contributed by atoms with Crippen LogP contribution in [0.3, 0.4) is 0 Å². The number of esters is 1. The molecule has 0 bridgehead atoms. The van der Waals surface area contributed by atoms with Crippen molar-refractivity contribution in [2.45, 2.75) is 13.8 Å². The van der Waals surface area contributed by atoms with E-state index in [1.807, 2.05) is 6.07 Å². The lowest BCUT2D eigenvalue weighted by Gasteiger charge is -2.15. The molecule has 0 spiro atoms. The quantitative estimate of drug-likeness (QED) is 0.304. The molecule has 1 N–H and O–H groups in total. The highest BCUT2D eigenvalue weighted by Gasteiger charge is 2.34. The summed E-state index contributed by atoms with van der Waals surface area (Å²) < 4.78 is 11.0. The van der Waals surface area contributed by atoms with Gasteiger partial charge in [0.05, 0.1) is 12.3 Å². The number of benzene rings is 2. The fourth-order valence-electron chi connectivity index (χ4n) is 2.68. The second-order valence-electron chi connectivity index (χ2n) is 5.92. The van der Waals surface area contributed by atoms with E-state index in [0.717, 1.165) is 0 Å². The molecule has 1 fully saturated rings. The van der Waals surface area contributed by atoms with Crippen LogP contribution in [0.5, 0.6) is 11.5 Å². The van der Waals surface area contributed by atoms with Crippen molar-refractivity contribution in [1.29, 1.82) is 0 Å². The van der Waals surface area contributed by atoms with Gasteiger partial charge in [-0.2, -0.15) is 0 Å². The fourth-order valence-corrected chi connectivity index (χ4v) is 3.33. The van der Waals surface area contributed by atoms with Crippen LogP contribution in [0.1, 0.15) is 19.4 Å². The van der Waals surface area contributed by atoms with Gasteiger partial charge < -0.3 is 9.47 Å². The number of halogens is 2. The Kier molecular flexibility index (Phi) is 6.24. The number of para-hydroxylation sites is 1. The number of ether oxygens (including phenoxy) is 2. The van der Waals surface area contributed by atoms with Gasteiger partial charge in [-0.3, -0.25) is 19.8 Å². The van der Waals surface area contributed by atoms with Crippen LogP contribution < -0.4 is 19.9 Å². The summed E-state index contributed by atoms with van der Waals surface area (Å²) >= 11 is 9.67. The highest BCUT2D eigenvalue weighted by Crippen LogP contribution is 2.43. The van der Waals surface area contributed by atoms with E-state index in [-0.39, 0.29) is 22.1 Å². The maximum absolute atomic E-state index is 12.8. The zero-order valence-electron chi connectivity index (χ0n) is 15.5. The van der Waals surface area contributed by atoms with Crippen molar-refractivity contribution in [3.05, 3.63) is 57.0 Å². The second-order valence-corrected chi connectivity index (χ2v) is 7.09. The van der Waals surface area contributed by atoms with Crippen molar-refractivity contribution < 1.29 is 23.9 Å². The topological polar surface area (TPSA) is 84.9 Å². The molecule has 1 saturated heterocycles. The van der Waals surface area contributed by atoms with Gasteiger partial charge in [0.1, 0.15) is 10.6 Å². The number of hydrogen-bond donors (Lipinski definition) is 1. The van der Waals surface area contributed by atoms with Crippen LogP contribution in [0.2, 0.25) is 5.02 Å². The molecule has 0 aromatic heterocycles. The van der Waals surface area contributed by atoms with Crippen LogP contribution in [0.4, 0.5) is 5.69 Å². The first kappa shape index (κ1) is 20.9. The molecule has 0 atom stereocenters. The number of nitrogens with zero attached hydrogens (tertiary/aromatic N) is 1. The van der Waals surface area contributed by atoms with Crippen molar-refractivity contribution >= 4 is 57.1 Å². The van der Waals surface area contributed by atoms with E-state index in [1.165, 1.54) is 24.1 Å². The van der Waals surface area contributed by atoms with Gasteiger partial charge >= 0.3 is 5.97 Å². The molecular formula is C20H16BrClN2O5. The predicted molar refractivity (Wildman–Crippen MR) is 112 cm³/mol. The second kappa shape index (κ2) is 8.67. The van der Waals surface area contributed by atoms with Crippen molar-refractivity contribution in [2.24, 2.45) is 0 Å². The van der Waals surface area contributed by atoms with Gasteiger partial charge in [-0.1, -0.05) is 29.8 Å². The van der Waals surface area contributed by atoms with Crippen LogP contribution in [-0.2, 0) is 14.4 Å². The summed E-state index contributed by atoms with van der Waals surface area (Å²) in [6.07, 6.45) is 1.40. The van der Waals surface area contributed by atoms with E-state index in [9.17, 15) is 14.4 Å². The summed E-state index contributed by atoms with van der Waals surface area (Å²) in [6, 6.07) is 10.3. The van der Waals surface area contributed by atoms with E-state index >= 15 is 0 Å². The smallest absolute Gasteiger partial charge is 0.308 e. The van der Waals surface area contributed by atoms with Gasteiger partial charge in [-0.25, -0.2) is 5.01 Å². The molecule has 2 amide bonds. The van der Waals surface area contributed by atoms with E-state index in [2.05, 4.69) is 21.4 Å². The first-order valence-electron chi connectivity index (χ1n) is 8.58. The zero-order valence-corrected chi connectivity index (χ0v) is 17.8. The van der Waals surface area contributed by atoms with E-state index in [0.29, 0.717) is 22.3 Å². The number of rotatable bonds is 5. The summed E-state index contributed by atoms with van der Waals surface area (Å²) in [6.45, 7) is 3.30. The van der Waals surface area contributed by atoms with Crippen molar-refractivity contribution in [1.82, 2.24) is 5.43 Å². The minimum absolute atomic E-state index is 0.0585. The summed E-state index contributed by atoms with van der Waals surface area (Å²) in [5, 5.41) is 1.25. The molecule has 0 aliphatic carbocycles. The number of hydrazine groups is 1. The SMILES string of the molecule is CCOc1cc(C=C2C(=O)NN(c3ccccc3)C2=O)c(Br)c(Cl)c1OC(C)=O. The summed E-state index contributed by atoms with van der Waals surface area (Å²) in [4.78, 5) is 36.6. The van der Waals surface area contributed by atoms with Gasteiger partial charge in [0.25, 0.3) is 11.8 Å². The monoisotopic (exact) mass is 478 g/mol. The molecule has 29 heavy (non-hydrogen) atoms. The number of hydrogen-bond acceptors (Lipinski definition) is 5. The lowest BCUT2D eigenvalue weighted by Crippen LogP contribution is -2.35. The predicted octanol–water partition coefficient (Wildman–Crippen LogP) is 3.89. The largest absolute Gasteiger partial charge is 0.490 e. The molecule has 0 saturated carbocycles. The van der Waals surface area contributed by atoms with Crippen LogP contribution >= 0.6 is 27.5 Å². The summed E-state index contributed by atoms with van der Waals surface area (Å²) in [5.74, 6) is -1.35. The third-order valence-corrected chi connectivity index (χ3v) is 5.35. The average molecular weight is 480 g/mol. The highest BCUT2D eigenvalue weighted by atomic mass is 79.9. The van der Waals surface area contributed by atoms with Crippen molar-refractivity contribution in [2.75, 3.05) is 11.6 Å². The van der Waals surface area contributed by atoms with Gasteiger partial charge in [0.15, 0.2) is 11.5 Å².